The van der Waals surface area contributed by atoms with Gasteiger partial charge < -0.3 is 21.0 Å². The van der Waals surface area contributed by atoms with Crippen molar-refractivity contribution in [3.05, 3.63) is 94.0 Å². The largest absolute Gasteiger partial charge is 0.487 e. The van der Waals surface area contributed by atoms with Crippen LogP contribution in [0.2, 0.25) is 5.02 Å². The Morgan fingerprint density at radius 1 is 1.07 bits per heavy atom. The summed E-state index contributed by atoms with van der Waals surface area (Å²) in [7, 11) is 0. The third kappa shape index (κ3) is 5.06. The molecule has 0 saturated heterocycles. The normalized spacial score (nSPS) is 11.2. The van der Waals surface area contributed by atoms with E-state index in [1.165, 1.54) is 0 Å². The topological polar surface area (TPSA) is 99.9 Å². The molecule has 0 atom stereocenters. The molecule has 3 aromatic carbocycles. The maximum atomic E-state index is 12.3. The molecule has 7 heteroatoms. The van der Waals surface area contributed by atoms with E-state index in [4.69, 9.17) is 32.6 Å². The van der Waals surface area contributed by atoms with E-state index in [2.05, 4.69) is 5.16 Å². The number of hydrogen-bond acceptors (Lipinski definition) is 5. The Balaban J connectivity index is 1.67. The molecule has 0 bridgehead atoms. The predicted octanol–water partition coefficient (Wildman–Crippen LogP) is 4.29. The average molecular weight is 410 g/mol. The minimum Gasteiger partial charge on any atom is -0.487 e. The van der Waals surface area contributed by atoms with E-state index in [1.807, 2.05) is 25.1 Å². The van der Waals surface area contributed by atoms with E-state index in [0.717, 1.165) is 11.1 Å². The molecule has 0 aromatic heterocycles. The molecule has 0 saturated carbocycles. The molecule has 148 valence electrons. The first-order valence-electron chi connectivity index (χ1n) is 8.82. The Hall–Kier alpha value is -3.51. The first kappa shape index (κ1) is 20.2. The lowest BCUT2D eigenvalue weighted by Crippen LogP contribution is -2.17. The quantitative estimate of drug-likeness (QED) is 0.208. The maximum Gasteiger partial charge on any atom is 0.365 e. The minimum atomic E-state index is -0.630. The van der Waals surface area contributed by atoms with Crippen LogP contribution in [-0.2, 0) is 11.4 Å². The van der Waals surface area contributed by atoms with Crippen LogP contribution in [-0.4, -0.2) is 11.8 Å². The number of benzene rings is 3. The van der Waals surface area contributed by atoms with E-state index >= 15 is 0 Å². The third-order valence-corrected chi connectivity index (χ3v) is 4.58. The molecule has 0 unspecified atom stereocenters. The highest BCUT2D eigenvalue weighted by Gasteiger charge is 2.11. The molecule has 3 aromatic rings. The highest BCUT2D eigenvalue weighted by atomic mass is 35.5. The van der Waals surface area contributed by atoms with Gasteiger partial charge in [-0.25, -0.2) is 4.79 Å². The molecule has 0 aliphatic heterocycles. The zero-order valence-corrected chi connectivity index (χ0v) is 16.5. The van der Waals surface area contributed by atoms with Gasteiger partial charge in [0.25, 0.3) is 0 Å². The summed E-state index contributed by atoms with van der Waals surface area (Å²) in [6.45, 7) is 2.07. The van der Waals surface area contributed by atoms with Gasteiger partial charge in [-0.15, -0.1) is 0 Å². The van der Waals surface area contributed by atoms with Crippen molar-refractivity contribution in [3.8, 4) is 5.75 Å². The lowest BCUT2D eigenvalue weighted by Gasteiger charge is -2.09. The number of rotatable bonds is 6. The van der Waals surface area contributed by atoms with Gasteiger partial charge >= 0.3 is 5.97 Å². The summed E-state index contributed by atoms with van der Waals surface area (Å²) in [6, 6.07) is 19.3. The molecule has 0 spiro atoms. The van der Waals surface area contributed by atoms with Gasteiger partial charge in [0.15, 0.2) is 5.84 Å². The summed E-state index contributed by atoms with van der Waals surface area (Å²) in [5, 5.41) is 4.27. The van der Waals surface area contributed by atoms with Gasteiger partial charge in [0.05, 0.1) is 10.6 Å². The number of carbonyl (C=O) groups excluding carboxylic acids is 1. The molecule has 0 heterocycles. The Kier molecular flexibility index (Phi) is 6.36. The summed E-state index contributed by atoms with van der Waals surface area (Å²) >= 11 is 6.08. The second kappa shape index (κ2) is 9.12. The van der Waals surface area contributed by atoms with Crippen LogP contribution < -0.4 is 16.2 Å². The summed E-state index contributed by atoms with van der Waals surface area (Å²) in [5.41, 5.74) is 14.9. The van der Waals surface area contributed by atoms with Crippen LogP contribution >= 0.6 is 11.6 Å². The molecule has 0 radical (unpaired) electrons. The fraction of sp³-hybridized carbons (Fsp3) is 0.0909. The van der Waals surface area contributed by atoms with E-state index in [-0.39, 0.29) is 12.4 Å². The number of ether oxygens (including phenoxy) is 1. The molecule has 0 fully saturated rings. The number of nitrogens with two attached hydrogens (primary N) is 2. The molecule has 29 heavy (non-hydrogen) atoms. The zero-order valence-electron chi connectivity index (χ0n) is 15.8. The molecular formula is C22H20ClN3O3. The van der Waals surface area contributed by atoms with Crippen molar-refractivity contribution < 1.29 is 14.4 Å². The van der Waals surface area contributed by atoms with Crippen molar-refractivity contribution in [2.45, 2.75) is 13.5 Å². The van der Waals surface area contributed by atoms with E-state index in [9.17, 15) is 4.79 Å². The van der Waals surface area contributed by atoms with Crippen molar-refractivity contribution in [3.63, 3.8) is 0 Å². The number of halogens is 1. The summed E-state index contributed by atoms with van der Waals surface area (Å²) < 4.78 is 5.69. The summed E-state index contributed by atoms with van der Waals surface area (Å²) in [4.78, 5) is 17.3. The standard InChI is InChI=1S/C22H20ClN3O3/c1-14-17(8-5-10-19(14)24)21(25)26-29-22(27)16-7-4-6-15(12-16)13-28-20-11-3-2-9-18(20)23/h2-12H,13,24H2,1H3,(H2,25,26). The summed E-state index contributed by atoms with van der Waals surface area (Å²) in [6.07, 6.45) is 0. The Bertz CT molecular complexity index is 1070. The Morgan fingerprint density at radius 2 is 1.83 bits per heavy atom. The number of para-hydroxylation sites is 1. The number of oxime groups is 1. The number of hydrogen-bond donors (Lipinski definition) is 2. The lowest BCUT2D eigenvalue weighted by molar-refractivity contribution is 0.0516. The van der Waals surface area contributed by atoms with Crippen molar-refractivity contribution in [2.75, 3.05) is 5.73 Å². The fourth-order valence-corrected chi connectivity index (χ4v) is 2.82. The van der Waals surface area contributed by atoms with Crippen LogP contribution in [0.15, 0.2) is 71.9 Å². The van der Waals surface area contributed by atoms with Crippen LogP contribution in [0.3, 0.4) is 0 Å². The van der Waals surface area contributed by atoms with E-state index in [1.54, 1.807) is 48.5 Å². The Labute approximate surface area is 173 Å². The summed E-state index contributed by atoms with van der Waals surface area (Å²) in [5.74, 6) is 0.00693. The highest BCUT2D eigenvalue weighted by molar-refractivity contribution is 6.32. The van der Waals surface area contributed by atoms with Crippen LogP contribution in [0.25, 0.3) is 0 Å². The molecule has 0 aliphatic rings. The molecule has 6 nitrogen and oxygen atoms in total. The van der Waals surface area contributed by atoms with Crippen LogP contribution in [0.4, 0.5) is 5.69 Å². The van der Waals surface area contributed by atoms with E-state index in [0.29, 0.717) is 27.6 Å². The molecule has 4 N–H and O–H groups in total. The molecule has 3 rings (SSSR count). The second-order valence-corrected chi connectivity index (χ2v) is 6.70. The molecular weight excluding hydrogens is 390 g/mol. The van der Waals surface area contributed by atoms with E-state index < -0.39 is 5.97 Å². The van der Waals surface area contributed by atoms with Gasteiger partial charge in [0.2, 0.25) is 0 Å². The van der Waals surface area contributed by atoms with Gasteiger partial charge in [-0.2, -0.15) is 0 Å². The first-order valence-corrected chi connectivity index (χ1v) is 9.20. The second-order valence-electron chi connectivity index (χ2n) is 6.29. The van der Waals surface area contributed by atoms with Crippen molar-refractivity contribution in [1.82, 2.24) is 0 Å². The lowest BCUT2D eigenvalue weighted by atomic mass is 10.1. The number of amidine groups is 1. The van der Waals surface area contributed by atoms with Gasteiger partial charge in [0.1, 0.15) is 12.4 Å². The number of nitrogens with zero attached hydrogens (tertiary/aromatic N) is 1. The first-order chi connectivity index (χ1) is 14.0. The molecule has 0 amide bonds. The van der Waals surface area contributed by atoms with Gasteiger partial charge in [-0.3, -0.25) is 0 Å². The number of carbonyl (C=O) groups is 1. The van der Waals surface area contributed by atoms with Gasteiger partial charge in [-0.1, -0.05) is 53.2 Å². The van der Waals surface area contributed by atoms with Crippen LogP contribution in [0, 0.1) is 6.92 Å². The monoisotopic (exact) mass is 409 g/mol. The zero-order chi connectivity index (χ0) is 20.8. The highest BCUT2D eigenvalue weighted by Crippen LogP contribution is 2.24. The van der Waals surface area contributed by atoms with Crippen molar-refractivity contribution >= 4 is 29.1 Å². The van der Waals surface area contributed by atoms with Gasteiger partial charge in [0, 0.05) is 11.3 Å². The SMILES string of the molecule is Cc1c(N)cccc1/C(N)=N/OC(=O)c1cccc(COc2ccccc2Cl)c1. The van der Waals surface area contributed by atoms with Crippen LogP contribution in [0.1, 0.15) is 27.0 Å². The maximum absolute atomic E-state index is 12.3. The Morgan fingerprint density at radius 3 is 2.62 bits per heavy atom. The minimum absolute atomic E-state index is 0.0707. The van der Waals surface area contributed by atoms with Crippen molar-refractivity contribution in [1.29, 1.82) is 0 Å². The smallest absolute Gasteiger partial charge is 0.365 e. The predicted molar refractivity (Wildman–Crippen MR) is 114 cm³/mol. The molecule has 0 aliphatic carbocycles. The fourth-order valence-electron chi connectivity index (χ4n) is 2.63. The van der Waals surface area contributed by atoms with Crippen LogP contribution in [0.5, 0.6) is 5.75 Å². The number of anilines is 1. The van der Waals surface area contributed by atoms with Crippen molar-refractivity contribution in [2.24, 2.45) is 10.9 Å². The average Bonchev–Trinajstić information content (AvgIpc) is 2.73. The van der Waals surface area contributed by atoms with Gasteiger partial charge in [-0.05, 0) is 48.4 Å². The third-order valence-electron chi connectivity index (χ3n) is 4.27. The number of nitrogen functional groups attached to an aromatic ring is 1.